The van der Waals surface area contributed by atoms with E-state index in [1.54, 1.807) is 24.3 Å². The topological polar surface area (TPSA) is 72.2 Å². The standard InChI is InChI=1S/C17H14N2O3/c1-10-7-8-14(11(2)9-10)18-15-12-5-3-4-6-13(12)17(20)16(15)19(21)22/h3-9,18H,1-2H3. The molecule has 2 aromatic carbocycles. The van der Waals surface area contributed by atoms with E-state index < -0.39 is 16.4 Å². The van der Waals surface area contributed by atoms with Gasteiger partial charge in [0.1, 0.15) is 5.70 Å². The molecule has 1 N–H and O–H groups in total. The molecule has 110 valence electrons. The Labute approximate surface area is 127 Å². The average molecular weight is 294 g/mol. The molecule has 0 unspecified atom stereocenters. The van der Waals surface area contributed by atoms with Gasteiger partial charge in [-0.15, -0.1) is 0 Å². The van der Waals surface area contributed by atoms with Crippen LogP contribution in [0.2, 0.25) is 0 Å². The van der Waals surface area contributed by atoms with E-state index in [1.165, 1.54) is 0 Å². The number of Topliss-reactive ketones (excluding diaryl/α,β-unsaturated/α-hetero) is 1. The predicted molar refractivity (Wildman–Crippen MR) is 84.2 cm³/mol. The summed E-state index contributed by atoms with van der Waals surface area (Å²) in [5.41, 5.74) is 3.62. The number of benzene rings is 2. The van der Waals surface area contributed by atoms with Crippen molar-refractivity contribution in [1.82, 2.24) is 0 Å². The number of carbonyl (C=O) groups is 1. The zero-order valence-corrected chi connectivity index (χ0v) is 12.2. The van der Waals surface area contributed by atoms with Crippen molar-refractivity contribution in [3.63, 3.8) is 0 Å². The van der Waals surface area contributed by atoms with Crippen molar-refractivity contribution in [2.24, 2.45) is 0 Å². The highest BCUT2D eigenvalue weighted by Gasteiger charge is 2.38. The number of anilines is 1. The number of rotatable bonds is 3. The van der Waals surface area contributed by atoms with E-state index in [2.05, 4.69) is 5.32 Å². The summed E-state index contributed by atoms with van der Waals surface area (Å²) in [6.07, 6.45) is 0. The smallest absolute Gasteiger partial charge is 0.340 e. The molecule has 1 aliphatic rings. The molecule has 0 radical (unpaired) electrons. The molecule has 0 saturated heterocycles. The van der Waals surface area contributed by atoms with Gasteiger partial charge in [0.15, 0.2) is 0 Å². The van der Waals surface area contributed by atoms with E-state index in [1.807, 2.05) is 32.0 Å². The van der Waals surface area contributed by atoms with E-state index in [4.69, 9.17) is 0 Å². The van der Waals surface area contributed by atoms with Crippen LogP contribution in [0.15, 0.2) is 48.2 Å². The zero-order chi connectivity index (χ0) is 15.9. The summed E-state index contributed by atoms with van der Waals surface area (Å²) < 4.78 is 0. The Hall–Kier alpha value is -2.95. The molecular weight excluding hydrogens is 280 g/mol. The van der Waals surface area contributed by atoms with Crippen LogP contribution in [0.1, 0.15) is 27.0 Å². The number of fused-ring (bicyclic) bond motifs is 1. The lowest BCUT2D eigenvalue weighted by atomic mass is 10.1. The van der Waals surface area contributed by atoms with Crippen molar-refractivity contribution in [2.75, 3.05) is 5.32 Å². The third-order valence-electron chi connectivity index (χ3n) is 3.72. The molecule has 0 atom stereocenters. The van der Waals surface area contributed by atoms with Gasteiger partial charge in [0.2, 0.25) is 0 Å². The maximum Gasteiger partial charge on any atom is 0.340 e. The Kier molecular flexibility index (Phi) is 3.25. The fourth-order valence-electron chi connectivity index (χ4n) is 2.66. The van der Waals surface area contributed by atoms with Crippen LogP contribution in [0, 0.1) is 24.0 Å². The fraction of sp³-hybridized carbons (Fsp3) is 0.118. The van der Waals surface area contributed by atoms with Crippen LogP contribution in [0.5, 0.6) is 0 Å². The molecular formula is C17H14N2O3. The molecule has 0 fully saturated rings. The highest BCUT2D eigenvalue weighted by atomic mass is 16.6. The van der Waals surface area contributed by atoms with E-state index in [-0.39, 0.29) is 5.70 Å². The van der Waals surface area contributed by atoms with Crippen LogP contribution < -0.4 is 5.32 Å². The van der Waals surface area contributed by atoms with Crippen LogP contribution in [-0.4, -0.2) is 10.7 Å². The lowest BCUT2D eigenvalue weighted by Gasteiger charge is -2.11. The Balaban J connectivity index is 2.13. The normalized spacial score (nSPS) is 13.3. The van der Waals surface area contributed by atoms with Crippen molar-refractivity contribution in [2.45, 2.75) is 13.8 Å². The SMILES string of the molecule is Cc1ccc(NC2=C([N+](=O)[O-])C(=O)c3ccccc32)c(C)c1. The summed E-state index contributed by atoms with van der Waals surface area (Å²) >= 11 is 0. The number of aryl methyl sites for hydroxylation is 2. The van der Waals surface area contributed by atoms with Crippen molar-refractivity contribution in [1.29, 1.82) is 0 Å². The highest BCUT2D eigenvalue weighted by molar-refractivity contribution is 6.20. The highest BCUT2D eigenvalue weighted by Crippen LogP contribution is 2.34. The minimum absolute atomic E-state index is 0.262. The molecule has 0 aromatic heterocycles. The Bertz CT molecular complexity index is 838. The van der Waals surface area contributed by atoms with Crippen molar-refractivity contribution in [3.05, 3.63) is 80.5 Å². The first-order chi connectivity index (χ1) is 10.5. The molecule has 0 saturated carbocycles. The molecule has 5 nitrogen and oxygen atoms in total. The molecule has 0 spiro atoms. The van der Waals surface area contributed by atoms with Crippen LogP contribution in [0.25, 0.3) is 5.70 Å². The van der Waals surface area contributed by atoms with Gasteiger partial charge in [-0.25, -0.2) is 0 Å². The van der Waals surface area contributed by atoms with E-state index in [0.29, 0.717) is 11.1 Å². The molecule has 3 rings (SSSR count). The van der Waals surface area contributed by atoms with Gasteiger partial charge in [-0.3, -0.25) is 14.9 Å². The average Bonchev–Trinajstić information content (AvgIpc) is 2.75. The molecule has 0 amide bonds. The first-order valence-electron chi connectivity index (χ1n) is 6.86. The van der Waals surface area contributed by atoms with Gasteiger partial charge in [0, 0.05) is 16.8 Å². The van der Waals surface area contributed by atoms with Crippen LogP contribution in [-0.2, 0) is 0 Å². The van der Waals surface area contributed by atoms with Crippen molar-refractivity contribution >= 4 is 17.2 Å². The number of hydrogen-bond acceptors (Lipinski definition) is 4. The molecule has 2 aromatic rings. The number of allylic oxidation sites excluding steroid dienone is 1. The lowest BCUT2D eigenvalue weighted by Crippen LogP contribution is -2.10. The number of ketones is 1. The summed E-state index contributed by atoms with van der Waals surface area (Å²) in [4.78, 5) is 22.9. The third-order valence-corrected chi connectivity index (χ3v) is 3.72. The number of hydrogen-bond donors (Lipinski definition) is 1. The molecule has 0 bridgehead atoms. The maximum absolute atomic E-state index is 12.2. The summed E-state index contributed by atoms with van der Waals surface area (Å²) in [5, 5.41) is 14.4. The van der Waals surface area contributed by atoms with Crippen LogP contribution >= 0.6 is 0 Å². The predicted octanol–water partition coefficient (Wildman–Crippen LogP) is 3.56. The third kappa shape index (κ3) is 2.16. The molecule has 22 heavy (non-hydrogen) atoms. The van der Waals surface area contributed by atoms with E-state index in [0.717, 1.165) is 16.8 Å². The maximum atomic E-state index is 12.2. The minimum Gasteiger partial charge on any atom is -0.349 e. The first-order valence-corrected chi connectivity index (χ1v) is 6.86. The monoisotopic (exact) mass is 294 g/mol. The van der Waals surface area contributed by atoms with Crippen molar-refractivity contribution in [3.8, 4) is 0 Å². The second kappa shape index (κ2) is 5.11. The second-order valence-electron chi connectivity index (χ2n) is 5.30. The second-order valence-corrected chi connectivity index (χ2v) is 5.30. The van der Waals surface area contributed by atoms with E-state index in [9.17, 15) is 14.9 Å². The van der Waals surface area contributed by atoms with Gasteiger partial charge in [0.05, 0.1) is 4.92 Å². The summed E-state index contributed by atoms with van der Waals surface area (Å²) in [6.45, 7) is 3.90. The zero-order valence-electron chi connectivity index (χ0n) is 12.2. The fourth-order valence-corrected chi connectivity index (χ4v) is 2.66. The van der Waals surface area contributed by atoms with Gasteiger partial charge in [-0.2, -0.15) is 0 Å². The van der Waals surface area contributed by atoms with Crippen LogP contribution in [0.3, 0.4) is 0 Å². The first kappa shape index (κ1) is 14.0. The molecule has 1 aliphatic carbocycles. The molecule has 0 heterocycles. The van der Waals surface area contributed by atoms with Gasteiger partial charge in [-0.1, -0.05) is 42.0 Å². The van der Waals surface area contributed by atoms with Crippen LogP contribution in [0.4, 0.5) is 5.69 Å². The van der Waals surface area contributed by atoms with E-state index >= 15 is 0 Å². The quantitative estimate of drug-likeness (QED) is 0.694. The van der Waals surface area contributed by atoms with Gasteiger partial charge >= 0.3 is 5.70 Å². The summed E-state index contributed by atoms with van der Waals surface area (Å²) in [6, 6.07) is 12.6. The molecule has 0 aliphatic heterocycles. The van der Waals surface area contributed by atoms with Crippen molar-refractivity contribution < 1.29 is 9.72 Å². The number of nitro groups is 1. The summed E-state index contributed by atoms with van der Waals surface area (Å²) in [5.74, 6) is -0.548. The number of nitrogens with zero attached hydrogens (tertiary/aromatic N) is 1. The Morgan fingerprint density at radius 1 is 1.05 bits per heavy atom. The van der Waals surface area contributed by atoms with Gasteiger partial charge < -0.3 is 5.32 Å². The Morgan fingerprint density at radius 3 is 2.36 bits per heavy atom. The van der Waals surface area contributed by atoms with Gasteiger partial charge in [-0.05, 0) is 25.5 Å². The van der Waals surface area contributed by atoms with Gasteiger partial charge in [0.25, 0.3) is 5.78 Å². The molecule has 5 heteroatoms. The number of carbonyl (C=O) groups excluding carboxylic acids is 1. The largest absolute Gasteiger partial charge is 0.349 e. The number of nitrogens with one attached hydrogen (secondary N) is 1. The summed E-state index contributed by atoms with van der Waals surface area (Å²) in [7, 11) is 0. The lowest BCUT2D eigenvalue weighted by molar-refractivity contribution is -0.415. The minimum atomic E-state index is -0.617. The Morgan fingerprint density at radius 2 is 1.73 bits per heavy atom.